The number of aromatic nitrogens is 3. The second kappa shape index (κ2) is 10.1. The molecule has 4 aromatic rings. The highest BCUT2D eigenvalue weighted by Crippen LogP contribution is 2.20. The van der Waals surface area contributed by atoms with Gasteiger partial charge in [-0.3, -0.25) is 4.79 Å². The third-order valence-corrected chi connectivity index (χ3v) is 4.77. The minimum Gasteiger partial charge on any atom is -0.390 e. The zero-order valence-corrected chi connectivity index (χ0v) is 17.8. The molecule has 0 aliphatic heterocycles. The van der Waals surface area contributed by atoms with Crippen LogP contribution < -0.4 is 5.56 Å². The first-order valence-electron chi connectivity index (χ1n) is 10.3. The van der Waals surface area contributed by atoms with Crippen molar-refractivity contribution in [1.82, 2.24) is 14.8 Å². The second-order valence-corrected chi connectivity index (χ2v) is 7.34. The molecule has 0 saturated carbocycles. The molecule has 0 bridgehead atoms. The van der Waals surface area contributed by atoms with Crippen LogP contribution in [0.4, 0.5) is 13.2 Å². The van der Waals surface area contributed by atoms with E-state index in [1.54, 1.807) is 24.3 Å². The summed E-state index contributed by atoms with van der Waals surface area (Å²) in [5.74, 6) is -0.0108. The molecule has 9 heteroatoms. The Labute approximate surface area is 193 Å². The Morgan fingerprint density at radius 3 is 2.29 bits per heavy atom. The zero-order chi connectivity index (χ0) is 24.0. The van der Waals surface area contributed by atoms with Gasteiger partial charge in [0.15, 0.2) is 5.82 Å². The SMILES string of the molecule is O=c1cnc(-c2cccc(C(=NOCc3ccccc3)c3ccccc3)c2)nn1CC(F)(F)F. The van der Waals surface area contributed by atoms with E-state index in [4.69, 9.17) is 4.84 Å². The minimum absolute atomic E-state index is 0.0108. The number of benzene rings is 3. The smallest absolute Gasteiger partial charge is 0.390 e. The van der Waals surface area contributed by atoms with Gasteiger partial charge in [-0.25, -0.2) is 9.67 Å². The van der Waals surface area contributed by atoms with Crippen LogP contribution in [0.1, 0.15) is 16.7 Å². The Bertz CT molecular complexity index is 1340. The fourth-order valence-corrected chi connectivity index (χ4v) is 3.21. The molecule has 0 atom stereocenters. The van der Waals surface area contributed by atoms with Gasteiger partial charge in [-0.1, -0.05) is 84.0 Å². The molecule has 172 valence electrons. The van der Waals surface area contributed by atoms with E-state index in [2.05, 4.69) is 15.2 Å². The Kier molecular flexibility index (Phi) is 6.82. The number of nitrogens with zero attached hydrogens (tertiary/aromatic N) is 4. The topological polar surface area (TPSA) is 69.4 Å². The van der Waals surface area contributed by atoms with Gasteiger partial charge in [0.25, 0.3) is 5.56 Å². The molecule has 0 amide bonds. The van der Waals surface area contributed by atoms with Gasteiger partial charge in [-0.15, -0.1) is 5.10 Å². The quantitative estimate of drug-likeness (QED) is 0.290. The highest BCUT2D eigenvalue weighted by Gasteiger charge is 2.29. The van der Waals surface area contributed by atoms with Crippen molar-refractivity contribution in [3.8, 4) is 11.4 Å². The maximum absolute atomic E-state index is 12.8. The summed E-state index contributed by atoms with van der Waals surface area (Å²) < 4.78 is 38.8. The van der Waals surface area contributed by atoms with Crippen molar-refractivity contribution < 1.29 is 18.0 Å². The van der Waals surface area contributed by atoms with Crippen molar-refractivity contribution >= 4 is 5.71 Å². The molecule has 0 aliphatic rings. The van der Waals surface area contributed by atoms with Gasteiger partial charge in [0, 0.05) is 16.7 Å². The molecular weight excluding hydrogens is 445 g/mol. The Morgan fingerprint density at radius 1 is 0.912 bits per heavy atom. The zero-order valence-electron chi connectivity index (χ0n) is 17.8. The monoisotopic (exact) mass is 464 g/mol. The van der Waals surface area contributed by atoms with Crippen LogP contribution in [0.5, 0.6) is 0 Å². The molecule has 0 fully saturated rings. The molecule has 0 N–H and O–H groups in total. The summed E-state index contributed by atoms with van der Waals surface area (Å²) in [6.45, 7) is -1.23. The molecule has 4 rings (SSSR count). The standard InChI is InChI=1S/C25H19F3N4O2/c26-25(27,28)17-32-22(33)15-29-24(30-32)21-13-7-12-20(14-21)23(19-10-5-2-6-11-19)31-34-16-18-8-3-1-4-9-18/h1-15H,16-17H2. The lowest BCUT2D eigenvalue weighted by Crippen LogP contribution is -2.30. The summed E-state index contributed by atoms with van der Waals surface area (Å²) in [5.41, 5.74) is 2.41. The Morgan fingerprint density at radius 2 is 1.59 bits per heavy atom. The molecule has 0 saturated heterocycles. The minimum atomic E-state index is -4.58. The number of hydrogen-bond acceptors (Lipinski definition) is 5. The normalized spacial score (nSPS) is 11.9. The Hall–Kier alpha value is -4.27. The highest BCUT2D eigenvalue weighted by atomic mass is 19.4. The first-order valence-corrected chi connectivity index (χ1v) is 10.3. The summed E-state index contributed by atoms with van der Waals surface area (Å²) in [7, 11) is 0. The van der Waals surface area contributed by atoms with Gasteiger partial charge in [0.2, 0.25) is 0 Å². The summed E-state index contributed by atoms with van der Waals surface area (Å²) >= 11 is 0. The van der Waals surface area contributed by atoms with Crippen molar-refractivity contribution in [2.75, 3.05) is 0 Å². The molecule has 34 heavy (non-hydrogen) atoms. The van der Waals surface area contributed by atoms with Crippen LogP contribution in [0, 0.1) is 0 Å². The molecule has 3 aromatic carbocycles. The van der Waals surface area contributed by atoms with E-state index in [0.29, 0.717) is 21.5 Å². The predicted octanol–water partition coefficient (Wildman–Crippen LogP) is 4.84. The lowest BCUT2D eigenvalue weighted by Gasteiger charge is -2.11. The van der Waals surface area contributed by atoms with Crippen molar-refractivity contribution in [1.29, 1.82) is 0 Å². The van der Waals surface area contributed by atoms with Gasteiger partial charge in [-0.05, 0) is 11.6 Å². The number of alkyl halides is 3. The molecule has 0 spiro atoms. The molecule has 0 radical (unpaired) electrons. The molecular formula is C25H19F3N4O2. The lowest BCUT2D eigenvalue weighted by molar-refractivity contribution is -0.143. The number of halogens is 3. The van der Waals surface area contributed by atoms with Crippen LogP contribution in [0.2, 0.25) is 0 Å². The highest BCUT2D eigenvalue weighted by molar-refractivity contribution is 6.13. The van der Waals surface area contributed by atoms with Crippen LogP contribution in [-0.2, 0) is 18.0 Å². The predicted molar refractivity (Wildman–Crippen MR) is 121 cm³/mol. The van der Waals surface area contributed by atoms with Gasteiger partial charge < -0.3 is 4.84 Å². The number of rotatable bonds is 7. The fraction of sp³-hybridized carbons (Fsp3) is 0.120. The Balaban J connectivity index is 1.68. The van der Waals surface area contributed by atoms with E-state index in [1.165, 1.54) is 0 Å². The maximum atomic E-state index is 12.8. The fourth-order valence-electron chi connectivity index (χ4n) is 3.21. The van der Waals surface area contributed by atoms with Crippen LogP contribution in [0.25, 0.3) is 11.4 Å². The van der Waals surface area contributed by atoms with E-state index in [1.807, 2.05) is 60.7 Å². The summed E-state index contributed by atoms with van der Waals surface area (Å²) in [6, 6.07) is 25.8. The first kappa shape index (κ1) is 22.9. The molecule has 1 aromatic heterocycles. The summed E-state index contributed by atoms with van der Waals surface area (Å²) in [5, 5.41) is 8.15. The van der Waals surface area contributed by atoms with E-state index in [0.717, 1.165) is 17.3 Å². The average Bonchev–Trinajstić information content (AvgIpc) is 2.84. The van der Waals surface area contributed by atoms with Gasteiger partial charge in [-0.2, -0.15) is 13.2 Å². The van der Waals surface area contributed by atoms with Crippen molar-refractivity contribution in [2.45, 2.75) is 19.3 Å². The van der Waals surface area contributed by atoms with E-state index in [9.17, 15) is 18.0 Å². The van der Waals surface area contributed by atoms with Crippen LogP contribution in [-0.4, -0.2) is 26.7 Å². The maximum Gasteiger partial charge on any atom is 0.408 e. The lowest BCUT2D eigenvalue weighted by atomic mass is 10.0. The van der Waals surface area contributed by atoms with Crippen molar-refractivity contribution in [2.24, 2.45) is 5.16 Å². The van der Waals surface area contributed by atoms with Gasteiger partial charge in [0.1, 0.15) is 18.9 Å². The van der Waals surface area contributed by atoms with Crippen molar-refractivity contribution in [3.05, 3.63) is 118 Å². The molecule has 0 aliphatic carbocycles. The van der Waals surface area contributed by atoms with Crippen LogP contribution in [0.3, 0.4) is 0 Å². The largest absolute Gasteiger partial charge is 0.408 e. The van der Waals surface area contributed by atoms with Crippen molar-refractivity contribution in [3.63, 3.8) is 0 Å². The summed E-state index contributed by atoms with van der Waals surface area (Å²) in [4.78, 5) is 21.3. The van der Waals surface area contributed by atoms with E-state index >= 15 is 0 Å². The molecule has 0 unspecified atom stereocenters. The van der Waals surface area contributed by atoms with Gasteiger partial charge in [0.05, 0.1) is 6.20 Å². The third-order valence-electron chi connectivity index (χ3n) is 4.77. The van der Waals surface area contributed by atoms with Crippen LogP contribution in [0.15, 0.2) is 101 Å². The summed E-state index contributed by atoms with van der Waals surface area (Å²) in [6.07, 6.45) is -3.75. The number of hydrogen-bond donors (Lipinski definition) is 0. The third kappa shape index (κ3) is 5.94. The van der Waals surface area contributed by atoms with E-state index < -0.39 is 18.3 Å². The number of oxime groups is 1. The second-order valence-electron chi connectivity index (χ2n) is 7.34. The van der Waals surface area contributed by atoms with Gasteiger partial charge >= 0.3 is 6.18 Å². The molecule has 1 heterocycles. The first-order chi connectivity index (χ1) is 16.4. The average molecular weight is 464 g/mol. The van der Waals surface area contributed by atoms with Crippen LogP contribution >= 0.6 is 0 Å². The van der Waals surface area contributed by atoms with E-state index in [-0.39, 0.29) is 12.4 Å². The molecule has 6 nitrogen and oxygen atoms in total.